The van der Waals surface area contributed by atoms with Gasteiger partial charge in [0.15, 0.2) is 0 Å². The smallest absolute Gasteiger partial charge is 0.148 e. The van der Waals surface area contributed by atoms with Crippen LogP contribution in [0, 0.1) is 5.92 Å². The summed E-state index contributed by atoms with van der Waals surface area (Å²) >= 11 is 3.49. The summed E-state index contributed by atoms with van der Waals surface area (Å²) in [6.07, 6.45) is 0.484. The lowest BCUT2D eigenvalue weighted by atomic mass is 10.1. The number of halogens is 1. The van der Waals surface area contributed by atoms with Crippen molar-refractivity contribution >= 4 is 26.9 Å². The van der Waals surface area contributed by atoms with Gasteiger partial charge < -0.3 is 9.52 Å². The molecule has 3 aromatic rings. The van der Waals surface area contributed by atoms with Gasteiger partial charge in [-0.3, -0.25) is 0 Å². The van der Waals surface area contributed by atoms with Crippen molar-refractivity contribution in [3.63, 3.8) is 0 Å². The molecule has 1 aromatic heterocycles. The van der Waals surface area contributed by atoms with Crippen LogP contribution in [0.3, 0.4) is 0 Å². The Kier molecular flexibility index (Phi) is 3.12. The summed E-state index contributed by atoms with van der Waals surface area (Å²) in [5, 5.41) is 11.6. The van der Waals surface area contributed by atoms with Crippen LogP contribution in [-0.4, -0.2) is 5.11 Å². The number of hydrogen-bond donors (Lipinski definition) is 1. The Balaban J connectivity index is 1.60. The molecule has 2 nitrogen and oxygen atoms in total. The van der Waals surface area contributed by atoms with Gasteiger partial charge in [-0.05, 0) is 51.9 Å². The summed E-state index contributed by atoms with van der Waals surface area (Å²) in [6.45, 7) is 0. The molecule has 1 fully saturated rings. The van der Waals surface area contributed by atoms with Crippen LogP contribution in [0.15, 0.2) is 63.5 Å². The maximum Gasteiger partial charge on any atom is 0.148 e. The van der Waals surface area contributed by atoms with E-state index >= 15 is 0 Å². The summed E-state index contributed by atoms with van der Waals surface area (Å²) in [5.74, 6) is 1.37. The highest BCUT2D eigenvalue weighted by Gasteiger charge is 2.45. The van der Waals surface area contributed by atoms with E-state index < -0.39 is 6.10 Å². The van der Waals surface area contributed by atoms with Crippen molar-refractivity contribution in [2.45, 2.75) is 18.4 Å². The van der Waals surface area contributed by atoms with E-state index in [9.17, 15) is 5.11 Å². The molecule has 0 amide bonds. The zero-order valence-electron chi connectivity index (χ0n) is 11.4. The van der Waals surface area contributed by atoms with Crippen LogP contribution >= 0.6 is 15.9 Å². The van der Waals surface area contributed by atoms with Gasteiger partial charge in [0.1, 0.15) is 17.4 Å². The van der Waals surface area contributed by atoms with Crippen molar-refractivity contribution in [3.8, 4) is 0 Å². The van der Waals surface area contributed by atoms with Crippen molar-refractivity contribution in [1.29, 1.82) is 0 Å². The summed E-state index contributed by atoms with van der Waals surface area (Å²) in [4.78, 5) is 0. The van der Waals surface area contributed by atoms with E-state index in [0.717, 1.165) is 21.9 Å². The van der Waals surface area contributed by atoms with Crippen molar-refractivity contribution in [3.05, 3.63) is 70.4 Å². The second-order valence-corrected chi connectivity index (χ2v) is 6.52. The molecule has 1 heterocycles. The van der Waals surface area contributed by atoms with Crippen LogP contribution in [0.25, 0.3) is 11.0 Å². The number of furan rings is 1. The Morgan fingerprint density at radius 2 is 1.90 bits per heavy atom. The number of hydrogen-bond acceptors (Lipinski definition) is 2. The number of aliphatic hydroxyl groups is 1. The van der Waals surface area contributed by atoms with Crippen LogP contribution in [-0.2, 0) is 0 Å². The summed E-state index contributed by atoms with van der Waals surface area (Å²) in [5.41, 5.74) is 2.11. The number of para-hydroxylation sites is 1. The third-order valence-electron chi connectivity index (χ3n) is 4.28. The molecule has 0 aliphatic heterocycles. The number of rotatable bonds is 3. The third kappa shape index (κ3) is 2.30. The molecule has 0 bridgehead atoms. The van der Waals surface area contributed by atoms with E-state index in [1.54, 1.807) is 0 Å². The zero-order valence-corrected chi connectivity index (χ0v) is 13.0. The molecule has 0 saturated heterocycles. The molecule has 1 aliphatic carbocycles. The molecule has 0 spiro atoms. The number of aliphatic hydroxyl groups excluding tert-OH is 1. The van der Waals surface area contributed by atoms with E-state index in [1.807, 2.05) is 30.3 Å². The van der Waals surface area contributed by atoms with Crippen LogP contribution in [0.5, 0.6) is 0 Å². The molecule has 3 heteroatoms. The first kappa shape index (κ1) is 13.1. The average Bonchev–Trinajstić information content (AvgIpc) is 3.19. The molecule has 2 aromatic carbocycles. The van der Waals surface area contributed by atoms with Gasteiger partial charge in [0, 0.05) is 5.39 Å². The van der Waals surface area contributed by atoms with E-state index in [-0.39, 0.29) is 5.92 Å². The maximum atomic E-state index is 10.6. The maximum absolute atomic E-state index is 10.6. The highest BCUT2D eigenvalue weighted by atomic mass is 79.9. The molecule has 3 unspecified atom stereocenters. The predicted octanol–water partition coefficient (Wildman–Crippen LogP) is 5.03. The number of fused-ring (bicyclic) bond motifs is 1. The van der Waals surface area contributed by atoms with Gasteiger partial charge >= 0.3 is 0 Å². The Labute approximate surface area is 131 Å². The van der Waals surface area contributed by atoms with Crippen molar-refractivity contribution in [2.75, 3.05) is 0 Å². The fraction of sp³-hybridized carbons (Fsp3) is 0.222. The molecule has 106 valence electrons. The zero-order chi connectivity index (χ0) is 14.4. The van der Waals surface area contributed by atoms with E-state index in [4.69, 9.17) is 4.42 Å². The lowest BCUT2D eigenvalue weighted by Gasteiger charge is -2.07. The molecule has 4 rings (SSSR count). The van der Waals surface area contributed by atoms with Gasteiger partial charge in [-0.25, -0.2) is 0 Å². The SMILES string of the molecule is OC(c1cc2cccc(Br)c2o1)C1CC1c1ccccc1. The average molecular weight is 343 g/mol. The standard InChI is InChI=1S/C18H15BrO2/c19-15-8-4-7-12-9-16(21-18(12)15)17(20)14-10-13(14)11-5-2-1-3-6-11/h1-9,13-14,17,20H,10H2. The van der Waals surface area contributed by atoms with E-state index in [2.05, 4.69) is 40.2 Å². The molecule has 1 aliphatic rings. The van der Waals surface area contributed by atoms with Crippen molar-refractivity contribution in [1.82, 2.24) is 0 Å². The molecular weight excluding hydrogens is 328 g/mol. The highest BCUT2D eigenvalue weighted by Crippen LogP contribution is 2.54. The van der Waals surface area contributed by atoms with Gasteiger partial charge in [0.05, 0.1) is 4.47 Å². The lowest BCUT2D eigenvalue weighted by Crippen LogP contribution is -1.99. The van der Waals surface area contributed by atoms with Gasteiger partial charge in [-0.15, -0.1) is 0 Å². The normalized spacial score (nSPS) is 22.4. The van der Waals surface area contributed by atoms with Crippen LogP contribution in [0.4, 0.5) is 0 Å². The molecule has 21 heavy (non-hydrogen) atoms. The Bertz CT molecular complexity index is 778. The molecule has 1 saturated carbocycles. The highest BCUT2D eigenvalue weighted by molar-refractivity contribution is 9.10. The van der Waals surface area contributed by atoms with Crippen LogP contribution < -0.4 is 0 Å². The molecule has 3 atom stereocenters. The molecule has 1 N–H and O–H groups in total. The fourth-order valence-corrected chi connectivity index (χ4v) is 3.51. The Morgan fingerprint density at radius 1 is 1.10 bits per heavy atom. The topological polar surface area (TPSA) is 33.4 Å². The van der Waals surface area contributed by atoms with Gasteiger partial charge in [0.25, 0.3) is 0 Å². The van der Waals surface area contributed by atoms with Crippen LogP contribution in [0.1, 0.15) is 29.8 Å². The quantitative estimate of drug-likeness (QED) is 0.723. The number of benzene rings is 2. The lowest BCUT2D eigenvalue weighted by molar-refractivity contribution is 0.127. The first-order valence-corrected chi connectivity index (χ1v) is 7.94. The van der Waals surface area contributed by atoms with E-state index in [1.165, 1.54) is 5.56 Å². The predicted molar refractivity (Wildman–Crippen MR) is 86.2 cm³/mol. The summed E-state index contributed by atoms with van der Waals surface area (Å²) in [6, 6.07) is 18.3. The molecule has 0 radical (unpaired) electrons. The van der Waals surface area contributed by atoms with Gasteiger partial charge in [-0.1, -0.05) is 42.5 Å². The van der Waals surface area contributed by atoms with Crippen molar-refractivity contribution in [2.24, 2.45) is 5.92 Å². The minimum atomic E-state index is -0.533. The monoisotopic (exact) mass is 342 g/mol. The second kappa shape index (κ2) is 5.00. The van der Waals surface area contributed by atoms with Gasteiger partial charge in [-0.2, -0.15) is 0 Å². The first-order valence-electron chi connectivity index (χ1n) is 7.15. The largest absolute Gasteiger partial charge is 0.457 e. The Morgan fingerprint density at radius 3 is 2.67 bits per heavy atom. The van der Waals surface area contributed by atoms with Crippen LogP contribution in [0.2, 0.25) is 0 Å². The summed E-state index contributed by atoms with van der Waals surface area (Å²) < 4.78 is 6.77. The summed E-state index contributed by atoms with van der Waals surface area (Å²) in [7, 11) is 0. The minimum Gasteiger partial charge on any atom is -0.457 e. The first-order chi connectivity index (χ1) is 10.2. The third-order valence-corrected chi connectivity index (χ3v) is 4.90. The molecular formula is C18H15BrO2. The fourth-order valence-electron chi connectivity index (χ4n) is 3.05. The Hall–Kier alpha value is -1.58. The van der Waals surface area contributed by atoms with Gasteiger partial charge in [0.2, 0.25) is 0 Å². The minimum absolute atomic E-state index is 0.256. The van der Waals surface area contributed by atoms with Crippen molar-refractivity contribution < 1.29 is 9.52 Å². The van der Waals surface area contributed by atoms with E-state index in [0.29, 0.717) is 11.7 Å². The second-order valence-electron chi connectivity index (χ2n) is 5.67.